The lowest BCUT2D eigenvalue weighted by atomic mass is 10.1. The number of nitrogens with one attached hydrogen (secondary N) is 1. The molecular weight excluding hydrogens is 346 g/mol. The van der Waals surface area contributed by atoms with Crippen molar-refractivity contribution in [3.05, 3.63) is 75.8 Å². The number of carbonyl (C=O) groups excluding carboxylic acids is 1. The summed E-state index contributed by atoms with van der Waals surface area (Å²) in [6.07, 6.45) is 3.04. The lowest BCUT2D eigenvalue weighted by Crippen LogP contribution is -2.33. The number of nitro benzene ring substituents is 1. The van der Waals surface area contributed by atoms with Crippen LogP contribution in [0, 0.1) is 10.1 Å². The topological polar surface area (TPSA) is 84.7 Å². The largest absolute Gasteiger partial charge is 0.497 e. The van der Waals surface area contributed by atoms with Crippen LogP contribution in [-0.4, -0.2) is 43.5 Å². The third-order valence-corrected chi connectivity index (χ3v) is 4.10. The van der Waals surface area contributed by atoms with Gasteiger partial charge in [-0.05, 0) is 55.6 Å². The molecule has 0 heterocycles. The molecule has 7 nitrogen and oxygen atoms in total. The molecule has 1 N–H and O–H groups in total. The normalized spacial score (nSPS) is 12.1. The molecule has 27 heavy (non-hydrogen) atoms. The molecule has 1 unspecified atom stereocenters. The Hall–Kier alpha value is -3.19. The summed E-state index contributed by atoms with van der Waals surface area (Å²) in [5.74, 6) is 0.534. The van der Waals surface area contributed by atoms with Crippen LogP contribution in [0.1, 0.15) is 17.2 Å². The van der Waals surface area contributed by atoms with Crippen LogP contribution in [0.25, 0.3) is 6.08 Å². The van der Waals surface area contributed by atoms with E-state index in [1.807, 2.05) is 43.3 Å². The SMILES string of the molecule is COc1cccc(C(CNC(=O)/C=C/c2ccc([N+](=O)[O-])cc2)N(C)C)c1. The number of nitro groups is 1. The van der Waals surface area contributed by atoms with Gasteiger partial charge in [0.25, 0.3) is 5.69 Å². The summed E-state index contributed by atoms with van der Waals surface area (Å²) < 4.78 is 5.26. The van der Waals surface area contributed by atoms with E-state index in [0.29, 0.717) is 12.1 Å². The molecule has 0 aliphatic rings. The lowest BCUT2D eigenvalue weighted by Gasteiger charge is -2.25. The van der Waals surface area contributed by atoms with Crippen molar-refractivity contribution in [2.24, 2.45) is 0 Å². The second-order valence-electron chi connectivity index (χ2n) is 6.18. The van der Waals surface area contributed by atoms with E-state index in [1.165, 1.54) is 18.2 Å². The number of amides is 1. The van der Waals surface area contributed by atoms with E-state index < -0.39 is 4.92 Å². The van der Waals surface area contributed by atoms with E-state index in [9.17, 15) is 14.9 Å². The Morgan fingerprint density at radius 3 is 2.56 bits per heavy atom. The van der Waals surface area contributed by atoms with Crippen LogP contribution in [-0.2, 0) is 4.79 Å². The molecule has 0 spiro atoms. The summed E-state index contributed by atoms with van der Waals surface area (Å²) in [4.78, 5) is 24.3. The number of ether oxygens (including phenoxy) is 1. The van der Waals surface area contributed by atoms with Crippen molar-refractivity contribution < 1.29 is 14.5 Å². The number of rotatable bonds is 8. The predicted molar refractivity (Wildman–Crippen MR) is 105 cm³/mol. The third kappa shape index (κ3) is 5.93. The lowest BCUT2D eigenvalue weighted by molar-refractivity contribution is -0.384. The minimum Gasteiger partial charge on any atom is -0.497 e. The number of likely N-dealkylation sites (N-methyl/N-ethyl adjacent to an activating group) is 1. The standard InChI is InChI=1S/C20H23N3O4/c1-22(2)19(16-5-4-6-18(13-16)27-3)14-21-20(24)12-9-15-7-10-17(11-8-15)23(25)26/h4-13,19H,14H2,1-3H3,(H,21,24)/b12-9+. The highest BCUT2D eigenvalue weighted by molar-refractivity contribution is 5.91. The van der Waals surface area contributed by atoms with E-state index >= 15 is 0 Å². The van der Waals surface area contributed by atoms with E-state index in [1.54, 1.807) is 25.3 Å². The molecule has 2 aromatic carbocycles. The minimum absolute atomic E-state index is 0.00294. The van der Waals surface area contributed by atoms with Crippen LogP contribution in [0.3, 0.4) is 0 Å². The Labute approximate surface area is 158 Å². The van der Waals surface area contributed by atoms with Crippen LogP contribution < -0.4 is 10.1 Å². The Balaban J connectivity index is 1.98. The van der Waals surface area contributed by atoms with E-state index in [4.69, 9.17) is 4.74 Å². The van der Waals surface area contributed by atoms with Crippen molar-refractivity contribution in [1.29, 1.82) is 0 Å². The number of hydrogen-bond donors (Lipinski definition) is 1. The molecule has 1 atom stereocenters. The van der Waals surface area contributed by atoms with Gasteiger partial charge in [-0.3, -0.25) is 14.9 Å². The van der Waals surface area contributed by atoms with Gasteiger partial charge in [-0.2, -0.15) is 0 Å². The monoisotopic (exact) mass is 369 g/mol. The van der Waals surface area contributed by atoms with Gasteiger partial charge in [-0.15, -0.1) is 0 Å². The van der Waals surface area contributed by atoms with Crippen LogP contribution in [0.2, 0.25) is 0 Å². The zero-order valence-corrected chi connectivity index (χ0v) is 15.6. The summed E-state index contributed by atoms with van der Waals surface area (Å²) in [6.45, 7) is 0.434. The molecule has 0 aromatic heterocycles. The first-order chi connectivity index (χ1) is 12.9. The maximum Gasteiger partial charge on any atom is 0.269 e. The van der Waals surface area contributed by atoms with Crippen molar-refractivity contribution in [2.75, 3.05) is 27.7 Å². The molecule has 0 bridgehead atoms. The van der Waals surface area contributed by atoms with Gasteiger partial charge in [0.2, 0.25) is 5.91 Å². The Morgan fingerprint density at radius 2 is 1.96 bits per heavy atom. The van der Waals surface area contributed by atoms with Gasteiger partial charge in [0.05, 0.1) is 18.1 Å². The van der Waals surface area contributed by atoms with Crippen molar-refractivity contribution in [3.63, 3.8) is 0 Å². The van der Waals surface area contributed by atoms with Gasteiger partial charge >= 0.3 is 0 Å². The fraction of sp³-hybridized carbons (Fsp3) is 0.250. The number of nitrogens with zero attached hydrogens (tertiary/aromatic N) is 2. The third-order valence-electron chi connectivity index (χ3n) is 4.10. The van der Waals surface area contributed by atoms with Gasteiger partial charge in [-0.1, -0.05) is 12.1 Å². The Morgan fingerprint density at radius 1 is 1.26 bits per heavy atom. The van der Waals surface area contributed by atoms with Crippen LogP contribution in [0.15, 0.2) is 54.6 Å². The van der Waals surface area contributed by atoms with Crippen LogP contribution in [0.5, 0.6) is 5.75 Å². The van der Waals surface area contributed by atoms with Gasteiger partial charge in [0.1, 0.15) is 5.75 Å². The molecule has 2 rings (SSSR count). The first-order valence-corrected chi connectivity index (χ1v) is 8.41. The maximum absolute atomic E-state index is 12.1. The van der Waals surface area contributed by atoms with Crippen LogP contribution >= 0.6 is 0 Å². The zero-order valence-electron chi connectivity index (χ0n) is 15.6. The maximum atomic E-state index is 12.1. The fourth-order valence-electron chi connectivity index (χ4n) is 2.58. The highest BCUT2D eigenvalue weighted by atomic mass is 16.6. The average Bonchev–Trinajstić information content (AvgIpc) is 2.66. The molecule has 0 aliphatic heterocycles. The summed E-state index contributed by atoms with van der Waals surface area (Å²) in [7, 11) is 5.51. The first kappa shape index (κ1) is 20.1. The molecule has 2 aromatic rings. The molecule has 7 heteroatoms. The molecule has 0 fully saturated rings. The fourth-order valence-corrected chi connectivity index (χ4v) is 2.58. The van der Waals surface area contributed by atoms with Crippen molar-refractivity contribution in [2.45, 2.75) is 6.04 Å². The van der Waals surface area contributed by atoms with Crippen LogP contribution in [0.4, 0.5) is 5.69 Å². The zero-order chi connectivity index (χ0) is 19.8. The number of non-ortho nitro benzene ring substituents is 1. The van der Waals surface area contributed by atoms with E-state index in [2.05, 4.69) is 5.32 Å². The molecule has 142 valence electrons. The van der Waals surface area contributed by atoms with Gasteiger partial charge in [0.15, 0.2) is 0 Å². The summed E-state index contributed by atoms with van der Waals surface area (Å²) in [6, 6.07) is 13.7. The molecule has 0 aliphatic carbocycles. The molecular formula is C20H23N3O4. The quantitative estimate of drug-likeness (QED) is 0.439. The highest BCUT2D eigenvalue weighted by Crippen LogP contribution is 2.22. The second-order valence-corrected chi connectivity index (χ2v) is 6.18. The molecule has 0 saturated heterocycles. The van der Waals surface area contributed by atoms with E-state index in [-0.39, 0.29) is 17.6 Å². The highest BCUT2D eigenvalue weighted by Gasteiger charge is 2.15. The molecule has 0 radical (unpaired) electrons. The van der Waals surface area contributed by atoms with Crippen molar-refractivity contribution >= 4 is 17.7 Å². The Kier molecular flexibility index (Phi) is 7.08. The van der Waals surface area contributed by atoms with Crippen molar-refractivity contribution in [3.8, 4) is 5.75 Å². The predicted octanol–water partition coefficient (Wildman–Crippen LogP) is 3.04. The van der Waals surface area contributed by atoms with Gasteiger partial charge < -0.3 is 15.0 Å². The summed E-state index contributed by atoms with van der Waals surface area (Å²) >= 11 is 0. The summed E-state index contributed by atoms with van der Waals surface area (Å²) in [5.41, 5.74) is 1.77. The molecule has 1 amide bonds. The number of hydrogen-bond acceptors (Lipinski definition) is 5. The van der Waals surface area contributed by atoms with Gasteiger partial charge in [-0.25, -0.2) is 0 Å². The smallest absolute Gasteiger partial charge is 0.269 e. The van der Waals surface area contributed by atoms with E-state index in [0.717, 1.165) is 11.3 Å². The number of benzene rings is 2. The average molecular weight is 369 g/mol. The minimum atomic E-state index is -0.458. The summed E-state index contributed by atoms with van der Waals surface area (Å²) in [5, 5.41) is 13.5. The van der Waals surface area contributed by atoms with Gasteiger partial charge in [0, 0.05) is 24.8 Å². The Bertz CT molecular complexity index is 816. The van der Waals surface area contributed by atoms with Crippen molar-refractivity contribution in [1.82, 2.24) is 10.2 Å². The second kappa shape index (κ2) is 9.49. The number of carbonyl (C=O) groups is 1. The first-order valence-electron chi connectivity index (χ1n) is 8.41. The molecule has 0 saturated carbocycles. The number of methoxy groups -OCH3 is 1.